The summed E-state index contributed by atoms with van der Waals surface area (Å²) in [6.45, 7) is 0. The number of carbonyl (C=O) groups is 1. The van der Waals surface area contributed by atoms with Gasteiger partial charge >= 0.3 is 0 Å². The van der Waals surface area contributed by atoms with Crippen LogP contribution in [-0.2, 0) is 11.2 Å². The van der Waals surface area contributed by atoms with Crippen LogP contribution in [0, 0.1) is 0 Å². The predicted octanol–water partition coefficient (Wildman–Crippen LogP) is 3.18. The Morgan fingerprint density at radius 1 is 1.00 bits per heavy atom. The Morgan fingerprint density at radius 3 is 2.44 bits per heavy atom. The van der Waals surface area contributed by atoms with Gasteiger partial charge in [-0.05, 0) is 35.9 Å². The maximum Gasteiger partial charge on any atom is 0.133 e. The van der Waals surface area contributed by atoms with E-state index in [0.29, 0.717) is 12.5 Å². The van der Waals surface area contributed by atoms with Crippen LogP contribution in [0.5, 0.6) is 11.5 Å². The molecule has 0 fully saturated rings. The third kappa shape index (κ3) is 3.57. The first kappa shape index (κ1) is 12.6. The zero-order valence-electron chi connectivity index (χ0n) is 9.93. The summed E-state index contributed by atoms with van der Waals surface area (Å²) in [7, 11) is 3.21. The van der Waals surface area contributed by atoms with Gasteiger partial charge in [-0.3, -0.25) is 4.79 Å². The molecule has 0 saturated heterocycles. The van der Waals surface area contributed by atoms with Gasteiger partial charge in [0.15, 0.2) is 0 Å². The molecule has 0 heterocycles. The predicted molar refractivity (Wildman–Crippen MR) is 72.2 cm³/mol. The Balaban J connectivity index is 2.10. The minimum absolute atomic E-state index is 0.156. The number of para-hydroxylation sites is 1. The second-order valence-corrected chi connectivity index (χ2v) is 4.31. The Kier molecular flexibility index (Phi) is 4.31. The fraction of sp³-hybridized carbons (Fsp3) is 0.133. The number of benzene rings is 2. The minimum Gasteiger partial charge on any atom is -0.457 e. The molecule has 0 unspecified atom stereocenters. The molecule has 0 N–H and O–H groups in total. The van der Waals surface area contributed by atoms with Gasteiger partial charge in [0.25, 0.3) is 0 Å². The van der Waals surface area contributed by atoms with E-state index in [1.165, 1.54) is 0 Å². The van der Waals surface area contributed by atoms with Gasteiger partial charge in [0, 0.05) is 16.7 Å². The lowest BCUT2D eigenvalue weighted by Crippen LogP contribution is -2.01. The maximum atomic E-state index is 11.4. The molecular weight excluding hydrogens is 240 g/mol. The molecule has 0 bridgehead atoms. The normalized spacial score (nSPS) is 10.1. The summed E-state index contributed by atoms with van der Waals surface area (Å²) in [5, 5.41) is 0. The molecule has 2 nitrogen and oxygen atoms in total. The van der Waals surface area contributed by atoms with Gasteiger partial charge in [-0.2, -0.15) is 0 Å². The Bertz CT molecular complexity index is 523. The van der Waals surface area contributed by atoms with Crippen molar-refractivity contribution in [1.82, 2.24) is 0 Å². The Hall–Kier alpha value is -1.87. The molecular formula is C15H13O2Si. The van der Waals surface area contributed by atoms with Crippen LogP contribution >= 0.6 is 0 Å². The van der Waals surface area contributed by atoms with Gasteiger partial charge in [0.1, 0.15) is 17.3 Å². The zero-order valence-corrected chi connectivity index (χ0v) is 10.9. The van der Waals surface area contributed by atoms with E-state index < -0.39 is 0 Å². The third-order valence-corrected chi connectivity index (χ3v) is 2.87. The molecule has 2 aromatic rings. The molecule has 0 atom stereocenters. The first-order valence-electron chi connectivity index (χ1n) is 5.76. The highest BCUT2D eigenvalue weighted by Gasteiger charge is 2.03. The van der Waals surface area contributed by atoms with Crippen molar-refractivity contribution in [3.63, 3.8) is 0 Å². The van der Waals surface area contributed by atoms with Crippen LogP contribution in [0.1, 0.15) is 5.56 Å². The number of hydrogen-bond donors (Lipinski definition) is 0. The molecule has 0 aromatic heterocycles. The summed E-state index contributed by atoms with van der Waals surface area (Å²) < 4.78 is 5.71. The molecule has 0 aliphatic heterocycles. The molecule has 18 heavy (non-hydrogen) atoms. The average molecular weight is 253 g/mol. The topological polar surface area (TPSA) is 26.3 Å². The van der Waals surface area contributed by atoms with Crippen LogP contribution in [0.25, 0.3) is 0 Å². The van der Waals surface area contributed by atoms with Crippen LogP contribution in [0.3, 0.4) is 0 Å². The third-order valence-electron chi connectivity index (χ3n) is 2.48. The molecule has 3 heteroatoms. The van der Waals surface area contributed by atoms with Crippen molar-refractivity contribution in [3.8, 4) is 11.5 Å². The lowest BCUT2D eigenvalue weighted by molar-refractivity contribution is -0.116. The van der Waals surface area contributed by atoms with Gasteiger partial charge in [-0.1, -0.05) is 30.3 Å². The first-order valence-corrected chi connectivity index (χ1v) is 6.47. The van der Waals surface area contributed by atoms with Crippen LogP contribution in [0.4, 0.5) is 0 Å². The van der Waals surface area contributed by atoms with E-state index in [-0.39, 0.29) is 5.78 Å². The molecule has 2 aromatic carbocycles. The average Bonchev–Trinajstić information content (AvgIpc) is 2.40. The van der Waals surface area contributed by atoms with Crippen molar-refractivity contribution in [2.75, 3.05) is 0 Å². The van der Waals surface area contributed by atoms with Gasteiger partial charge in [0.05, 0.1) is 0 Å². The van der Waals surface area contributed by atoms with Crippen LogP contribution in [0.15, 0.2) is 54.6 Å². The van der Waals surface area contributed by atoms with Crippen LogP contribution in [-0.4, -0.2) is 16.0 Å². The van der Waals surface area contributed by atoms with E-state index in [2.05, 4.69) is 10.2 Å². The van der Waals surface area contributed by atoms with Crippen molar-refractivity contribution < 1.29 is 9.53 Å². The van der Waals surface area contributed by atoms with E-state index in [9.17, 15) is 4.79 Å². The Morgan fingerprint density at radius 2 is 1.72 bits per heavy atom. The van der Waals surface area contributed by atoms with E-state index in [0.717, 1.165) is 17.1 Å². The van der Waals surface area contributed by atoms with Crippen molar-refractivity contribution in [3.05, 3.63) is 60.2 Å². The van der Waals surface area contributed by atoms with Crippen molar-refractivity contribution in [2.24, 2.45) is 0 Å². The van der Waals surface area contributed by atoms with Crippen molar-refractivity contribution in [2.45, 2.75) is 12.5 Å². The molecule has 3 radical (unpaired) electrons. The van der Waals surface area contributed by atoms with Gasteiger partial charge in [0.2, 0.25) is 0 Å². The quantitative estimate of drug-likeness (QED) is 0.765. The van der Waals surface area contributed by atoms with Crippen molar-refractivity contribution in [1.29, 1.82) is 0 Å². The number of rotatable bonds is 5. The maximum absolute atomic E-state index is 11.4. The van der Waals surface area contributed by atoms with Crippen LogP contribution < -0.4 is 4.74 Å². The summed E-state index contributed by atoms with van der Waals surface area (Å²) in [5.41, 5.74) is 0.965. The molecule has 0 aliphatic carbocycles. The molecule has 2 rings (SSSR count). The number of hydrogen-bond acceptors (Lipinski definition) is 2. The van der Waals surface area contributed by atoms with E-state index in [1.807, 2.05) is 54.6 Å². The van der Waals surface area contributed by atoms with Crippen LogP contribution in [0.2, 0.25) is 6.04 Å². The second-order valence-electron chi connectivity index (χ2n) is 3.95. The van der Waals surface area contributed by atoms with E-state index >= 15 is 0 Å². The van der Waals surface area contributed by atoms with Gasteiger partial charge in [-0.15, -0.1) is 0 Å². The number of ketones is 1. The fourth-order valence-electron chi connectivity index (χ4n) is 1.63. The first-order chi connectivity index (χ1) is 8.78. The highest BCUT2D eigenvalue weighted by Crippen LogP contribution is 2.22. The van der Waals surface area contributed by atoms with Gasteiger partial charge < -0.3 is 4.74 Å². The standard InChI is InChI=1S/C15H13O2Si/c16-13(11-18)9-12-5-4-8-15(10-12)17-14-6-2-1-3-7-14/h1-8,10H,9,11H2. The fourth-order valence-corrected chi connectivity index (χ4v) is 1.76. The summed E-state index contributed by atoms with van der Waals surface area (Å²) in [6.07, 6.45) is 0.426. The lowest BCUT2D eigenvalue weighted by atomic mass is 10.1. The van der Waals surface area contributed by atoms with E-state index in [1.54, 1.807) is 0 Å². The molecule has 0 spiro atoms. The largest absolute Gasteiger partial charge is 0.457 e. The van der Waals surface area contributed by atoms with Gasteiger partial charge in [-0.25, -0.2) is 0 Å². The molecule has 0 saturated carbocycles. The van der Waals surface area contributed by atoms with E-state index in [4.69, 9.17) is 4.74 Å². The molecule has 0 amide bonds. The lowest BCUT2D eigenvalue weighted by Gasteiger charge is -2.07. The smallest absolute Gasteiger partial charge is 0.133 e. The number of ether oxygens (including phenoxy) is 1. The highest BCUT2D eigenvalue weighted by molar-refractivity contribution is 6.20. The Labute approximate surface area is 110 Å². The monoisotopic (exact) mass is 253 g/mol. The second kappa shape index (κ2) is 6.17. The summed E-state index contributed by atoms with van der Waals surface area (Å²) in [4.78, 5) is 11.4. The molecule has 0 aliphatic rings. The number of carbonyl (C=O) groups excluding carboxylic acids is 1. The minimum atomic E-state index is 0.156. The number of Topliss-reactive ketones (excluding diaryl/α,β-unsaturated/α-hetero) is 1. The SMILES string of the molecule is O=C(C[Si])Cc1cccc(Oc2ccccc2)c1. The highest BCUT2D eigenvalue weighted by atomic mass is 28.1. The summed E-state index contributed by atoms with van der Waals surface area (Å²) in [5.74, 6) is 1.70. The van der Waals surface area contributed by atoms with Crippen molar-refractivity contribution >= 4 is 16.0 Å². The molecule has 89 valence electrons. The zero-order chi connectivity index (χ0) is 12.8. The summed E-state index contributed by atoms with van der Waals surface area (Å²) in [6, 6.07) is 17.6. The summed E-state index contributed by atoms with van der Waals surface area (Å²) >= 11 is 0.